The number of esters is 5. The molecule has 0 aliphatic carbocycles. The second-order valence-electron chi connectivity index (χ2n) is 11.5. The number of ether oxygens (including phenoxy) is 6. The summed E-state index contributed by atoms with van der Waals surface area (Å²) in [5.74, 6) is -7.73. The highest BCUT2D eigenvalue weighted by molar-refractivity contribution is 9.10. The maximum absolute atomic E-state index is 13.9. The van der Waals surface area contributed by atoms with Crippen LogP contribution in [0.3, 0.4) is 0 Å². The van der Waals surface area contributed by atoms with Crippen molar-refractivity contribution in [3.63, 3.8) is 0 Å². The van der Waals surface area contributed by atoms with Crippen LogP contribution in [0.4, 0.5) is 0 Å². The fourth-order valence-electron chi connectivity index (χ4n) is 5.12. The normalized spacial score (nSPS) is 20.7. The summed E-state index contributed by atoms with van der Waals surface area (Å²) in [6.07, 6.45) is -7.05. The quantitative estimate of drug-likeness (QED) is 0.130. The third-order valence-electron chi connectivity index (χ3n) is 7.22. The van der Waals surface area contributed by atoms with Crippen LogP contribution in [-0.4, -0.2) is 85.7 Å². The zero-order valence-corrected chi connectivity index (χ0v) is 33.7. The summed E-state index contributed by atoms with van der Waals surface area (Å²) >= 11 is 6.78. The third kappa shape index (κ3) is 14.0. The lowest BCUT2D eigenvalue weighted by atomic mass is 9.88. The summed E-state index contributed by atoms with van der Waals surface area (Å²) in [5, 5.41) is 2.61. The zero-order chi connectivity index (χ0) is 39.3. The summed E-state index contributed by atoms with van der Waals surface area (Å²) in [5.41, 5.74) is 1.42. The summed E-state index contributed by atoms with van der Waals surface area (Å²) in [6.45, 7) is 4.68. The number of hydrogen-bond acceptors (Lipinski definition) is 15. The van der Waals surface area contributed by atoms with Gasteiger partial charge in [-0.1, -0.05) is 56.1 Å². The Morgan fingerprint density at radius 1 is 0.811 bits per heavy atom. The van der Waals surface area contributed by atoms with E-state index in [4.69, 9.17) is 42.0 Å². The van der Waals surface area contributed by atoms with Gasteiger partial charge in [0.2, 0.25) is 5.91 Å². The van der Waals surface area contributed by atoms with Gasteiger partial charge in [0.1, 0.15) is 18.8 Å². The molecule has 1 aliphatic heterocycles. The molecule has 0 aromatic heterocycles. The molecule has 1 aliphatic rings. The number of methoxy groups -OCH3 is 1. The molecule has 0 saturated carbocycles. The van der Waals surface area contributed by atoms with Crippen molar-refractivity contribution < 1.29 is 70.8 Å². The van der Waals surface area contributed by atoms with Gasteiger partial charge in [-0.15, -0.1) is 0 Å². The second-order valence-corrected chi connectivity index (χ2v) is 14.5. The molecule has 290 valence electrons. The van der Waals surface area contributed by atoms with E-state index in [-0.39, 0.29) is 13.2 Å². The molecule has 1 saturated heterocycles. The van der Waals surface area contributed by atoms with E-state index in [1.54, 1.807) is 48.5 Å². The molecule has 0 spiro atoms. The van der Waals surface area contributed by atoms with Gasteiger partial charge >= 0.3 is 38.4 Å². The summed E-state index contributed by atoms with van der Waals surface area (Å²) < 4.78 is 53.4. The fraction of sp³-hybridized carbons (Fsp3) is 0.471. The van der Waals surface area contributed by atoms with Crippen LogP contribution in [0.2, 0.25) is 0 Å². The zero-order valence-electron chi connectivity index (χ0n) is 29.7. The van der Waals surface area contributed by atoms with Crippen LogP contribution in [0, 0.1) is 0 Å². The molecule has 3 rings (SSSR count). The van der Waals surface area contributed by atoms with Crippen molar-refractivity contribution in [1.29, 1.82) is 0 Å². The minimum absolute atomic E-state index is 0.0606. The first-order valence-corrected chi connectivity index (χ1v) is 18.6. The van der Waals surface area contributed by atoms with Gasteiger partial charge in [0, 0.05) is 43.6 Å². The number of nitrogens with one attached hydrogen (secondary N) is 1. The van der Waals surface area contributed by atoms with Gasteiger partial charge < -0.3 is 42.8 Å². The molecule has 0 bridgehead atoms. The van der Waals surface area contributed by atoms with E-state index in [1.807, 2.05) is 0 Å². The first-order chi connectivity index (χ1) is 25.0. The van der Waals surface area contributed by atoms with E-state index in [1.165, 1.54) is 0 Å². The minimum Gasteiger partial charge on any atom is -0.465 e. The Labute approximate surface area is 324 Å². The van der Waals surface area contributed by atoms with E-state index in [2.05, 4.69) is 37.2 Å². The van der Waals surface area contributed by atoms with Crippen molar-refractivity contribution in [1.82, 2.24) is 5.32 Å². The highest BCUT2D eigenvalue weighted by Gasteiger charge is 2.60. The minimum atomic E-state index is -2.54. The van der Waals surface area contributed by atoms with Gasteiger partial charge in [0.15, 0.2) is 12.2 Å². The monoisotopic (exact) mass is 891 g/mol. The molecule has 0 unspecified atom stereocenters. The van der Waals surface area contributed by atoms with Crippen LogP contribution in [-0.2, 0) is 84.0 Å². The smallest absolute Gasteiger partial charge is 0.367 e. The van der Waals surface area contributed by atoms with E-state index in [9.17, 15) is 28.8 Å². The number of rotatable bonds is 17. The highest BCUT2D eigenvalue weighted by Crippen LogP contribution is 2.50. The third-order valence-corrected chi connectivity index (χ3v) is 9.40. The highest BCUT2D eigenvalue weighted by atomic mass is 79.9. The van der Waals surface area contributed by atoms with Crippen molar-refractivity contribution in [3.8, 4) is 0 Å². The van der Waals surface area contributed by atoms with E-state index < -0.39 is 93.6 Å². The molecule has 1 N–H and O–H groups in total. The second kappa shape index (κ2) is 20.8. The molecule has 6 atom stereocenters. The van der Waals surface area contributed by atoms with Gasteiger partial charge in [-0.05, 0) is 35.4 Å². The number of carbonyl (C=O) groups excluding carboxylic acids is 6. The van der Waals surface area contributed by atoms with Crippen LogP contribution in [0.5, 0.6) is 0 Å². The Balaban J connectivity index is 2.18. The maximum atomic E-state index is 13.9. The predicted molar refractivity (Wildman–Crippen MR) is 191 cm³/mol. The fourth-order valence-corrected chi connectivity index (χ4v) is 6.77. The lowest BCUT2D eigenvalue weighted by Crippen LogP contribution is -2.69. The van der Waals surface area contributed by atoms with Crippen LogP contribution < -0.4 is 5.32 Å². The molecule has 1 fully saturated rings. The topological polar surface area (TPSA) is 198 Å². The SMILES string of the molecule is COC(=O)[C@]1(OP(OCc2ccc(Br)cc2)OCc2ccc(Br)cc2)C[C@H](OC(C)=O)[C@@H](NC(C)=O)[C@H]([C@H](OC(C)=O)[C@@H](COC(C)=O)OC(C)=O)O1. The molecule has 0 radical (unpaired) electrons. The van der Waals surface area contributed by atoms with E-state index >= 15 is 0 Å². The molecular weight excluding hydrogens is 853 g/mol. The number of carbonyl (C=O) groups is 6. The average molecular weight is 893 g/mol. The Bertz CT molecular complexity index is 1550. The van der Waals surface area contributed by atoms with Crippen LogP contribution in [0.1, 0.15) is 52.2 Å². The van der Waals surface area contributed by atoms with Crippen molar-refractivity contribution in [2.24, 2.45) is 0 Å². The number of benzene rings is 2. The first kappa shape index (κ1) is 43.9. The lowest BCUT2D eigenvalue weighted by molar-refractivity contribution is -0.292. The Hall–Kier alpha value is -3.51. The van der Waals surface area contributed by atoms with Crippen molar-refractivity contribution in [3.05, 3.63) is 68.6 Å². The number of hydrogen-bond donors (Lipinski definition) is 1. The largest absolute Gasteiger partial charge is 0.465 e. The molecule has 19 heteroatoms. The van der Waals surface area contributed by atoms with Crippen LogP contribution >= 0.6 is 40.5 Å². The first-order valence-electron chi connectivity index (χ1n) is 15.9. The van der Waals surface area contributed by atoms with Gasteiger partial charge in [0.25, 0.3) is 5.79 Å². The van der Waals surface area contributed by atoms with E-state index in [0.29, 0.717) is 11.1 Å². The van der Waals surface area contributed by atoms with Crippen LogP contribution in [0.25, 0.3) is 0 Å². The molecular formula is C34H40Br2NO15P. The molecule has 2 aromatic carbocycles. The lowest BCUT2D eigenvalue weighted by Gasteiger charge is -2.48. The van der Waals surface area contributed by atoms with Crippen LogP contribution in [0.15, 0.2) is 57.5 Å². The number of halogens is 2. The Kier molecular flexibility index (Phi) is 17.2. The van der Waals surface area contributed by atoms with E-state index in [0.717, 1.165) is 50.7 Å². The average Bonchev–Trinajstić information content (AvgIpc) is 3.08. The molecule has 1 heterocycles. The Morgan fingerprint density at radius 2 is 1.34 bits per heavy atom. The van der Waals surface area contributed by atoms with Gasteiger partial charge in [-0.3, -0.25) is 28.5 Å². The predicted octanol–water partition coefficient (Wildman–Crippen LogP) is 4.71. The van der Waals surface area contributed by atoms with Gasteiger partial charge in [0.05, 0.1) is 32.8 Å². The van der Waals surface area contributed by atoms with Crippen molar-refractivity contribution in [2.75, 3.05) is 13.7 Å². The molecule has 1 amide bonds. The summed E-state index contributed by atoms with van der Waals surface area (Å²) in [7, 11) is -1.49. The van der Waals surface area contributed by atoms with Crippen molar-refractivity contribution in [2.45, 2.75) is 90.5 Å². The standard InChI is InChI=1S/C34H40Br2NO15P/c1-19(38)37-30-28(48-21(3)40)15-34(33(43)44-6,51-32(30)31(50-23(5)42)29(49-22(4)41)18-45-20(2)39)52-53(46-16-24-7-11-26(35)12-8-24)47-17-25-9-13-27(36)14-10-25/h7-14,28-32H,15-18H2,1-6H3,(H,37,38)/t28-,29+,30+,31+,32+,34+/m0/s1. The number of amides is 1. The Morgan fingerprint density at radius 3 is 1.77 bits per heavy atom. The van der Waals surface area contributed by atoms with Gasteiger partial charge in [-0.2, -0.15) is 0 Å². The maximum Gasteiger partial charge on any atom is 0.367 e. The van der Waals surface area contributed by atoms with Gasteiger partial charge in [-0.25, -0.2) is 4.79 Å². The molecule has 2 aromatic rings. The molecule has 53 heavy (non-hydrogen) atoms. The summed E-state index contributed by atoms with van der Waals surface area (Å²) in [4.78, 5) is 75.6. The van der Waals surface area contributed by atoms with Crippen molar-refractivity contribution >= 4 is 76.2 Å². The molecule has 16 nitrogen and oxygen atoms in total. The summed E-state index contributed by atoms with van der Waals surface area (Å²) in [6, 6.07) is 12.9.